The van der Waals surface area contributed by atoms with Crippen LogP contribution in [0.4, 0.5) is 13.2 Å². The third-order valence-electron chi connectivity index (χ3n) is 3.94. The van der Waals surface area contributed by atoms with E-state index in [1.165, 1.54) is 0 Å². The Morgan fingerprint density at radius 3 is 2.32 bits per heavy atom. The Morgan fingerprint density at radius 1 is 1.26 bits per heavy atom. The van der Waals surface area contributed by atoms with Gasteiger partial charge in [-0.3, -0.25) is 0 Å². The molecule has 6 heteroatoms. The molecule has 1 aromatic heterocycles. The predicted molar refractivity (Wildman–Crippen MR) is 70.0 cm³/mol. The van der Waals surface area contributed by atoms with E-state index < -0.39 is 11.9 Å². The van der Waals surface area contributed by atoms with Gasteiger partial charge in [-0.25, -0.2) is 4.98 Å². The maximum absolute atomic E-state index is 12.8. The molecule has 1 aliphatic rings. The summed E-state index contributed by atoms with van der Waals surface area (Å²) >= 11 is 1.15. The Hall–Kier alpha value is -0.620. The fraction of sp³-hybridized carbons (Fsp3) is 0.769. The van der Waals surface area contributed by atoms with Crippen LogP contribution < -0.4 is 5.73 Å². The van der Waals surface area contributed by atoms with E-state index in [1.54, 1.807) is 0 Å². The van der Waals surface area contributed by atoms with Gasteiger partial charge in [0.25, 0.3) is 0 Å². The fourth-order valence-electron chi connectivity index (χ4n) is 2.72. The van der Waals surface area contributed by atoms with Crippen LogP contribution in [0.3, 0.4) is 0 Å². The van der Waals surface area contributed by atoms with Crippen molar-refractivity contribution in [3.63, 3.8) is 0 Å². The lowest BCUT2D eigenvalue weighted by atomic mass is 9.81. The van der Waals surface area contributed by atoms with Gasteiger partial charge in [0.15, 0.2) is 5.69 Å². The molecule has 2 nitrogen and oxygen atoms in total. The van der Waals surface area contributed by atoms with Crippen molar-refractivity contribution in [3.05, 3.63) is 15.6 Å². The Morgan fingerprint density at radius 2 is 1.89 bits per heavy atom. The average molecular weight is 292 g/mol. The van der Waals surface area contributed by atoms with Crippen LogP contribution in [0, 0.1) is 5.92 Å². The molecule has 1 fully saturated rings. The van der Waals surface area contributed by atoms with E-state index in [-0.39, 0.29) is 17.3 Å². The highest BCUT2D eigenvalue weighted by molar-refractivity contribution is 7.11. The van der Waals surface area contributed by atoms with Crippen LogP contribution in [0.1, 0.15) is 60.5 Å². The Kier molecular flexibility index (Phi) is 4.50. The lowest BCUT2D eigenvalue weighted by Crippen LogP contribution is -2.13. The van der Waals surface area contributed by atoms with E-state index >= 15 is 0 Å². The normalized spacial score (nSPS) is 24.7. The molecule has 108 valence electrons. The molecule has 0 aliphatic heterocycles. The first-order valence-corrected chi connectivity index (χ1v) is 7.54. The summed E-state index contributed by atoms with van der Waals surface area (Å²) in [5.41, 5.74) is 4.63. The highest BCUT2D eigenvalue weighted by atomic mass is 32.1. The molecule has 0 aromatic carbocycles. The van der Waals surface area contributed by atoms with Crippen molar-refractivity contribution in [2.24, 2.45) is 11.7 Å². The second-order valence-corrected chi connectivity index (χ2v) is 6.27. The molecule has 2 rings (SSSR count). The van der Waals surface area contributed by atoms with Gasteiger partial charge in [0.1, 0.15) is 0 Å². The van der Waals surface area contributed by atoms with Gasteiger partial charge < -0.3 is 5.73 Å². The number of halogens is 3. The molecule has 1 saturated carbocycles. The van der Waals surface area contributed by atoms with E-state index in [2.05, 4.69) is 11.9 Å². The SMILES string of the molecule is CCC1CCC(c2nc(C(F)(F)F)c(CN)s2)CC1. The van der Waals surface area contributed by atoms with E-state index in [4.69, 9.17) is 5.73 Å². The topological polar surface area (TPSA) is 38.9 Å². The molecule has 0 bridgehead atoms. The molecule has 0 radical (unpaired) electrons. The van der Waals surface area contributed by atoms with Crippen LogP contribution in [-0.4, -0.2) is 4.98 Å². The summed E-state index contributed by atoms with van der Waals surface area (Å²) < 4.78 is 38.5. The molecule has 19 heavy (non-hydrogen) atoms. The van der Waals surface area contributed by atoms with Crippen molar-refractivity contribution >= 4 is 11.3 Å². The summed E-state index contributed by atoms with van der Waals surface area (Å²) in [5, 5.41) is 0.627. The minimum Gasteiger partial charge on any atom is -0.326 e. The van der Waals surface area contributed by atoms with E-state index in [0.717, 1.165) is 49.4 Å². The fourth-order valence-corrected chi connectivity index (χ4v) is 3.86. The molecule has 0 atom stereocenters. The number of nitrogens with two attached hydrogens (primary N) is 1. The number of aromatic nitrogens is 1. The van der Waals surface area contributed by atoms with Crippen LogP contribution >= 0.6 is 11.3 Å². The van der Waals surface area contributed by atoms with Gasteiger partial charge in [0, 0.05) is 12.5 Å². The number of nitrogens with zero attached hydrogens (tertiary/aromatic N) is 1. The summed E-state index contributed by atoms with van der Waals surface area (Å²) in [6.07, 6.45) is 0.872. The lowest BCUT2D eigenvalue weighted by Gasteiger charge is -2.26. The minimum absolute atomic E-state index is 0.0865. The van der Waals surface area contributed by atoms with Gasteiger partial charge in [0.2, 0.25) is 0 Å². The van der Waals surface area contributed by atoms with Gasteiger partial charge in [0.05, 0.1) is 9.88 Å². The molecule has 0 amide bonds. The summed E-state index contributed by atoms with van der Waals surface area (Å²) in [6.45, 7) is 2.08. The minimum atomic E-state index is -4.38. The number of hydrogen-bond acceptors (Lipinski definition) is 3. The zero-order chi connectivity index (χ0) is 14.0. The molecule has 0 unspecified atom stereocenters. The quantitative estimate of drug-likeness (QED) is 0.902. The second kappa shape index (κ2) is 5.79. The molecule has 1 aromatic rings. The van der Waals surface area contributed by atoms with E-state index in [9.17, 15) is 13.2 Å². The molecule has 2 N–H and O–H groups in total. The molecule has 1 heterocycles. The Bertz CT molecular complexity index is 420. The molecular weight excluding hydrogens is 273 g/mol. The van der Waals surface area contributed by atoms with Gasteiger partial charge in [-0.2, -0.15) is 13.2 Å². The van der Waals surface area contributed by atoms with Gasteiger partial charge in [-0.15, -0.1) is 11.3 Å². The zero-order valence-electron chi connectivity index (χ0n) is 11.0. The Labute approximate surface area is 115 Å². The second-order valence-electron chi connectivity index (χ2n) is 5.15. The van der Waals surface area contributed by atoms with Gasteiger partial charge in [-0.1, -0.05) is 13.3 Å². The average Bonchev–Trinajstić information content (AvgIpc) is 2.83. The van der Waals surface area contributed by atoms with Crippen LogP contribution in [0.15, 0.2) is 0 Å². The maximum atomic E-state index is 12.8. The number of hydrogen-bond donors (Lipinski definition) is 1. The van der Waals surface area contributed by atoms with Crippen molar-refractivity contribution < 1.29 is 13.2 Å². The predicted octanol–water partition coefficient (Wildman–Crippen LogP) is 4.30. The van der Waals surface area contributed by atoms with Crippen molar-refractivity contribution in [1.29, 1.82) is 0 Å². The van der Waals surface area contributed by atoms with Gasteiger partial charge in [-0.05, 0) is 31.6 Å². The standard InChI is InChI=1S/C13H19F3N2S/c1-2-8-3-5-9(6-4-8)12-18-11(13(14,15)16)10(7-17)19-12/h8-9H,2-7,17H2,1H3. The van der Waals surface area contributed by atoms with E-state index in [1.807, 2.05) is 0 Å². The largest absolute Gasteiger partial charge is 0.434 e. The monoisotopic (exact) mass is 292 g/mol. The first-order valence-electron chi connectivity index (χ1n) is 6.72. The van der Waals surface area contributed by atoms with Crippen LogP contribution in [0.5, 0.6) is 0 Å². The van der Waals surface area contributed by atoms with Crippen LogP contribution in [0.25, 0.3) is 0 Å². The smallest absolute Gasteiger partial charge is 0.326 e. The van der Waals surface area contributed by atoms with Crippen molar-refractivity contribution in [3.8, 4) is 0 Å². The zero-order valence-corrected chi connectivity index (χ0v) is 11.8. The lowest BCUT2D eigenvalue weighted by molar-refractivity contribution is -0.141. The number of rotatable bonds is 3. The third kappa shape index (κ3) is 3.28. The maximum Gasteiger partial charge on any atom is 0.434 e. The number of alkyl halides is 3. The van der Waals surface area contributed by atoms with E-state index in [0.29, 0.717) is 5.01 Å². The first-order chi connectivity index (χ1) is 8.95. The third-order valence-corrected chi connectivity index (χ3v) is 5.18. The van der Waals surface area contributed by atoms with Crippen LogP contribution in [0.2, 0.25) is 0 Å². The van der Waals surface area contributed by atoms with Crippen LogP contribution in [-0.2, 0) is 12.7 Å². The van der Waals surface area contributed by atoms with Gasteiger partial charge >= 0.3 is 6.18 Å². The summed E-state index contributed by atoms with van der Waals surface area (Å²) in [5.74, 6) is 0.918. The van der Waals surface area contributed by atoms with Crippen molar-refractivity contribution in [2.75, 3.05) is 0 Å². The first kappa shape index (κ1) is 14.8. The van der Waals surface area contributed by atoms with Crippen molar-refractivity contribution in [1.82, 2.24) is 4.98 Å². The summed E-state index contributed by atoms with van der Waals surface area (Å²) in [6, 6.07) is 0. The highest BCUT2D eigenvalue weighted by Gasteiger charge is 2.38. The molecule has 1 aliphatic carbocycles. The summed E-state index contributed by atoms with van der Waals surface area (Å²) in [4.78, 5) is 4.01. The molecular formula is C13H19F3N2S. The summed E-state index contributed by atoms with van der Waals surface area (Å²) in [7, 11) is 0. The Balaban J connectivity index is 2.16. The molecule has 0 spiro atoms. The van der Waals surface area contributed by atoms with Crippen molar-refractivity contribution in [2.45, 2.75) is 57.7 Å². The molecule has 0 saturated heterocycles. The highest BCUT2D eigenvalue weighted by Crippen LogP contribution is 2.41. The number of thiazole rings is 1.